The van der Waals surface area contributed by atoms with Crippen molar-refractivity contribution < 1.29 is 9.53 Å². The number of aromatic nitrogens is 1. The summed E-state index contributed by atoms with van der Waals surface area (Å²) in [5.74, 6) is 0.899. The summed E-state index contributed by atoms with van der Waals surface area (Å²) in [5, 5.41) is 3.49. The average molecular weight is 415 g/mol. The van der Waals surface area contributed by atoms with E-state index in [9.17, 15) is 4.79 Å². The minimum atomic E-state index is -0.0685. The highest BCUT2D eigenvalue weighted by Gasteiger charge is 2.30. The number of ether oxygens (including phenoxy) is 1. The molecule has 1 N–H and O–H groups in total. The number of para-hydroxylation sites is 1. The van der Waals surface area contributed by atoms with Gasteiger partial charge in [0, 0.05) is 44.6 Å². The van der Waals surface area contributed by atoms with E-state index in [1.165, 1.54) is 0 Å². The fraction of sp³-hybridized carbons (Fsp3) is 0.455. The van der Waals surface area contributed by atoms with E-state index in [0.717, 1.165) is 57.6 Å². The van der Waals surface area contributed by atoms with E-state index in [1.807, 2.05) is 35.2 Å². The van der Waals surface area contributed by atoms with Crippen LogP contribution in [-0.2, 0) is 0 Å². The zero-order chi connectivity index (χ0) is 20.1. The molecule has 2 aromatic rings. The van der Waals surface area contributed by atoms with Crippen LogP contribution in [-0.4, -0.2) is 59.1 Å². The number of nitrogens with zero attached hydrogens (tertiary/aromatic N) is 3. The van der Waals surface area contributed by atoms with Gasteiger partial charge < -0.3 is 15.0 Å². The number of pyridine rings is 1. The van der Waals surface area contributed by atoms with Gasteiger partial charge in [0.2, 0.25) is 0 Å². The largest absolute Gasteiger partial charge is 0.490 e. The Kier molecular flexibility index (Phi) is 6.52. The number of amides is 2. The number of nitrogens with one attached hydrogen (secondary N) is 1. The Bertz CT molecular complexity index is 803. The summed E-state index contributed by atoms with van der Waals surface area (Å²) in [6.45, 7) is 3.64. The number of hydrogen-bond donors (Lipinski definition) is 1. The molecule has 0 saturated carbocycles. The van der Waals surface area contributed by atoms with E-state index in [0.29, 0.717) is 16.8 Å². The summed E-state index contributed by atoms with van der Waals surface area (Å²) in [4.78, 5) is 21.0. The molecule has 2 amide bonds. The first-order chi connectivity index (χ1) is 14.2. The molecule has 0 radical (unpaired) electrons. The number of carbonyl (C=O) groups excluding carboxylic acids is 1. The van der Waals surface area contributed by atoms with E-state index < -0.39 is 0 Å². The minimum Gasteiger partial charge on any atom is -0.490 e. The zero-order valence-electron chi connectivity index (χ0n) is 16.5. The Hall–Kier alpha value is -2.31. The summed E-state index contributed by atoms with van der Waals surface area (Å²) in [5.41, 5.74) is 0.664. The number of piperidine rings is 2. The van der Waals surface area contributed by atoms with Crippen molar-refractivity contribution >= 4 is 23.3 Å². The number of hydrogen-bond acceptors (Lipinski definition) is 4. The van der Waals surface area contributed by atoms with E-state index in [4.69, 9.17) is 16.3 Å². The number of halogens is 1. The maximum atomic E-state index is 12.5. The lowest BCUT2D eigenvalue weighted by Gasteiger charge is -2.41. The molecule has 6 nitrogen and oxygen atoms in total. The Balaban J connectivity index is 1.21. The lowest BCUT2D eigenvalue weighted by Crippen LogP contribution is -2.50. The highest BCUT2D eigenvalue weighted by molar-refractivity contribution is 6.33. The van der Waals surface area contributed by atoms with Gasteiger partial charge in [0.25, 0.3) is 0 Å². The Morgan fingerprint density at radius 2 is 1.69 bits per heavy atom. The van der Waals surface area contributed by atoms with E-state index in [1.54, 1.807) is 18.5 Å². The van der Waals surface area contributed by atoms with Gasteiger partial charge in [0.05, 0.1) is 10.7 Å². The minimum absolute atomic E-state index is 0.0685. The number of benzene rings is 1. The first-order valence-corrected chi connectivity index (χ1v) is 10.7. The third-order valence-corrected chi connectivity index (χ3v) is 6.14. The SMILES string of the molecule is O=C(Nc1ccccc1Cl)N1CCC(N2CCC(Oc3ccncc3)CC2)CC1. The molecule has 0 unspecified atom stereocenters. The van der Waals surface area contributed by atoms with Gasteiger partial charge in [0.15, 0.2) is 0 Å². The Morgan fingerprint density at radius 3 is 2.38 bits per heavy atom. The summed E-state index contributed by atoms with van der Waals surface area (Å²) in [7, 11) is 0. The molecule has 0 atom stereocenters. The van der Waals surface area contributed by atoms with E-state index >= 15 is 0 Å². The molecule has 3 heterocycles. The van der Waals surface area contributed by atoms with Crippen molar-refractivity contribution in [3.63, 3.8) is 0 Å². The van der Waals surface area contributed by atoms with Crippen molar-refractivity contribution in [3.8, 4) is 5.75 Å². The van der Waals surface area contributed by atoms with Crippen LogP contribution in [0.3, 0.4) is 0 Å². The normalized spacial score (nSPS) is 19.1. The van der Waals surface area contributed by atoms with Crippen LogP contribution in [0.1, 0.15) is 25.7 Å². The van der Waals surface area contributed by atoms with Gasteiger partial charge in [-0.25, -0.2) is 4.79 Å². The summed E-state index contributed by atoms with van der Waals surface area (Å²) >= 11 is 6.14. The molecule has 2 saturated heterocycles. The molecule has 7 heteroatoms. The average Bonchev–Trinajstić information content (AvgIpc) is 2.77. The van der Waals surface area contributed by atoms with E-state index in [2.05, 4.69) is 15.2 Å². The van der Waals surface area contributed by atoms with Crippen molar-refractivity contribution in [1.82, 2.24) is 14.8 Å². The van der Waals surface area contributed by atoms with Gasteiger partial charge in [-0.2, -0.15) is 0 Å². The van der Waals surface area contributed by atoms with E-state index in [-0.39, 0.29) is 12.1 Å². The third kappa shape index (κ3) is 5.19. The maximum Gasteiger partial charge on any atom is 0.321 e. The second-order valence-electron chi connectivity index (χ2n) is 7.66. The summed E-state index contributed by atoms with van der Waals surface area (Å²) < 4.78 is 6.07. The Labute approximate surface area is 176 Å². The summed E-state index contributed by atoms with van der Waals surface area (Å²) in [6.07, 6.45) is 7.89. The number of anilines is 1. The molecular weight excluding hydrogens is 388 g/mol. The van der Waals surface area contributed by atoms with Gasteiger partial charge in [0.1, 0.15) is 11.9 Å². The molecule has 1 aromatic carbocycles. The molecule has 0 bridgehead atoms. The van der Waals surface area contributed by atoms with Crippen molar-refractivity contribution in [2.24, 2.45) is 0 Å². The fourth-order valence-corrected chi connectivity index (χ4v) is 4.34. The molecule has 1 aromatic heterocycles. The van der Waals surface area contributed by atoms with Crippen LogP contribution in [0.15, 0.2) is 48.8 Å². The third-order valence-electron chi connectivity index (χ3n) is 5.81. The molecule has 154 valence electrons. The van der Waals surface area contributed by atoms with Gasteiger partial charge >= 0.3 is 6.03 Å². The molecule has 29 heavy (non-hydrogen) atoms. The van der Waals surface area contributed by atoms with Crippen LogP contribution in [0, 0.1) is 0 Å². The second-order valence-corrected chi connectivity index (χ2v) is 8.07. The standard InChI is InChI=1S/C22H27ClN4O2/c23-20-3-1-2-4-21(20)25-22(28)27-13-7-17(8-14-27)26-15-9-19(10-16-26)29-18-5-11-24-12-6-18/h1-6,11-12,17,19H,7-10,13-16H2,(H,25,28). The van der Waals surface area contributed by atoms with Crippen molar-refractivity contribution in [2.45, 2.75) is 37.8 Å². The monoisotopic (exact) mass is 414 g/mol. The maximum absolute atomic E-state index is 12.5. The smallest absolute Gasteiger partial charge is 0.321 e. The van der Waals surface area contributed by atoms with Gasteiger partial charge in [-0.05, 0) is 49.9 Å². The van der Waals surface area contributed by atoms with Gasteiger partial charge in [-0.1, -0.05) is 23.7 Å². The molecule has 0 aliphatic carbocycles. The van der Waals surface area contributed by atoms with Crippen LogP contribution < -0.4 is 10.1 Å². The fourth-order valence-electron chi connectivity index (χ4n) is 4.16. The molecule has 0 spiro atoms. The number of rotatable bonds is 4. The van der Waals surface area contributed by atoms with Crippen LogP contribution in [0.5, 0.6) is 5.75 Å². The first-order valence-electron chi connectivity index (χ1n) is 10.3. The van der Waals surface area contributed by atoms with Crippen LogP contribution in [0.4, 0.5) is 10.5 Å². The van der Waals surface area contributed by atoms with Crippen LogP contribution in [0.25, 0.3) is 0 Å². The lowest BCUT2D eigenvalue weighted by atomic mass is 9.99. The molecule has 2 aliphatic rings. The number of carbonyl (C=O) groups is 1. The molecule has 2 aliphatic heterocycles. The Morgan fingerprint density at radius 1 is 1.00 bits per heavy atom. The highest BCUT2D eigenvalue weighted by Crippen LogP contribution is 2.25. The predicted molar refractivity (Wildman–Crippen MR) is 115 cm³/mol. The molecular formula is C22H27ClN4O2. The number of urea groups is 1. The second kappa shape index (κ2) is 9.46. The lowest BCUT2D eigenvalue weighted by molar-refractivity contribution is 0.0545. The molecule has 2 fully saturated rings. The van der Waals surface area contributed by atoms with Gasteiger partial charge in [-0.15, -0.1) is 0 Å². The van der Waals surface area contributed by atoms with Crippen molar-refractivity contribution in [1.29, 1.82) is 0 Å². The topological polar surface area (TPSA) is 57.7 Å². The highest BCUT2D eigenvalue weighted by atomic mass is 35.5. The van der Waals surface area contributed by atoms with Gasteiger partial charge in [-0.3, -0.25) is 9.88 Å². The first kappa shape index (κ1) is 20.0. The molecule has 4 rings (SSSR count). The summed E-state index contributed by atoms with van der Waals surface area (Å²) in [6, 6.07) is 11.6. The zero-order valence-corrected chi connectivity index (χ0v) is 17.2. The number of likely N-dealkylation sites (tertiary alicyclic amines) is 2. The van der Waals surface area contributed by atoms with Crippen molar-refractivity contribution in [2.75, 3.05) is 31.5 Å². The van der Waals surface area contributed by atoms with Crippen LogP contribution in [0.2, 0.25) is 5.02 Å². The van der Waals surface area contributed by atoms with Crippen LogP contribution >= 0.6 is 11.6 Å². The predicted octanol–water partition coefficient (Wildman–Crippen LogP) is 4.27. The van der Waals surface area contributed by atoms with Crippen molar-refractivity contribution in [3.05, 3.63) is 53.8 Å². The quantitative estimate of drug-likeness (QED) is 0.811.